The van der Waals surface area contributed by atoms with Crippen LogP contribution in [0.3, 0.4) is 0 Å². The summed E-state index contributed by atoms with van der Waals surface area (Å²) in [6.45, 7) is 7.47. The second-order valence-corrected chi connectivity index (χ2v) is 8.41. The van der Waals surface area contributed by atoms with Crippen LogP contribution in [0.25, 0.3) is 0 Å². The first kappa shape index (κ1) is 18.9. The fourth-order valence-corrected chi connectivity index (χ4v) is 4.98. The Morgan fingerprint density at radius 3 is 2.89 bits per heavy atom. The van der Waals surface area contributed by atoms with Crippen molar-refractivity contribution in [3.63, 3.8) is 0 Å². The second kappa shape index (κ2) is 8.74. The number of nitrogens with one attached hydrogen (secondary N) is 1. The van der Waals surface area contributed by atoms with Gasteiger partial charge in [0.2, 0.25) is 5.91 Å². The lowest BCUT2D eigenvalue weighted by Gasteiger charge is -2.34. The molecular weight excluding hydrogens is 340 g/mol. The van der Waals surface area contributed by atoms with E-state index in [9.17, 15) is 4.79 Å². The van der Waals surface area contributed by atoms with Crippen molar-refractivity contribution in [3.05, 3.63) is 17.0 Å². The van der Waals surface area contributed by atoms with Gasteiger partial charge in [-0.25, -0.2) is 0 Å². The lowest BCUT2D eigenvalue weighted by Crippen LogP contribution is -2.49. The minimum Gasteiger partial charge on any atom is -0.376 e. The third-order valence-corrected chi connectivity index (χ3v) is 6.48. The third-order valence-electron chi connectivity index (χ3n) is 6.48. The molecule has 27 heavy (non-hydrogen) atoms. The predicted octanol–water partition coefficient (Wildman–Crippen LogP) is 2.64. The number of ether oxygens (including phenoxy) is 1. The average molecular weight is 375 g/mol. The molecule has 3 heterocycles. The molecule has 6 nitrogen and oxygen atoms in total. The molecule has 1 N–H and O–H groups in total. The number of rotatable bonds is 5. The van der Waals surface area contributed by atoms with Crippen LogP contribution in [0.4, 0.5) is 0 Å². The summed E-state index contributed by atoms with van der Waals surface area (Å²) in [5.41, 5.74) is 3.83. The maximum atomic E-state index is 12.6. The molecule has 6 heteroatoms. The van der Waals surface area contributed by atoms with Gasteiger partial charge in [0, 0.05) is 49.3 Å². The molecule has 1 saturated heterocycles. The Balaban J connectivity index is 1.36. The summed E-state index contributed by atoms with van der Waals surface area (Å²) in [6, 6.07) is 0.286. The highest BCUT2D eigenvalue weighted by Gasteiger charge is 2.28. The largest absolute Gasteiger partial charge is 0.376 e. The summed E-state index contributed by atoms with van der Waals surface area (Å²) >= 11 is 0. The minimum atomic E-state index is 0.249. The molecule has 0 radical (unpaired) electrons. The molecule has 2 fully saturated rings. The van der Waals surface area contributed by atoms with Crippen molar-refractivity contribution in [2.45, 2.75) is 84.0 Å². The van der Waals surface area contributed by atoms with Crippen LogP contribution in [0.1, 0.15) is 68.8 Å². The summed E-state index contributed by atoms with van der Waals surface area (Å²) in [6.07, 6.45) is 9.06. The first-order valence-electron chi connectivity index (χ1n) is 10.9. The van der Waals surface area contributed by atoms with E-state index < -0.39 is 0 Å². The van der Waals surface area contributed by atoms with Crippen LogP contribution in [-0.4, -0.2) is 46.3 Å². The van der Waals surface area contributed by atoms with Gasteiger partial charge in [-0.15, -0.1) is 0 Å². The summed E-state index contributed by atoms with van der Waals surface area (Å²) in [4.78, 5) is 15.1. The van der Waals surface area contributed by atoms with E-state index >= 15 is 0 Å². The zero-order valence-corrected chi connectivity index (χ0v) is 16.7. The van der Waals surface area contributed by atoms with Crippen molar-refractivity contribution in [1.29, 1.82) is 0 Å². The van der Waals surface area contributed by atoms with Gasteiger partial charge in [-0.2, -0.15) is 5.10 Å². The van der Waals surface area contributed by atoms with Crippen molar-refractivity contribution in [2.24, 2.45) is 5.92 Å². The maximum absolute atomic E-state index is 12.6. The van der Waals surface area contributed by atoms with E-state index in [4.69, 9.17) is 9.84 Å². The van der Waals surface area contributed by atoms with Gasteiger partial charge in [-0.1, -0.05) is 19.3 Å². The van der Waals surface area contributed by atoms with E-state index in [0.29, 0.717) is 12.5 Å². The SMILES string of the molecule is CCn1nc(CN2CCCC(NC(=O)C3CCCCC3)C2)c2c1CCOC2. The van der Waals surface area contributed by atoms with Gasteiger partial charge in [0.25, 0.3) is 0 Å². The third kappa shape index (κ3) is 4.37. The van der Waals surface area contributed by atoms with E-state index in [1.807, 2.05) is 0 Å². The van der Waals surface area contributed by atoms with Crippen molar-refractivity contribution >= 4 is 5.91 Å². The molecule has 1 unspecified atom stereocenters. The number of nitrogens with zero attached hydrogens (tertiary/aromatic N) is 3. The number of likely N-dealkylation sites (tertiary alicyclic amines) is 1. The monoisotopic (exact) mass is 374 g/mol. The lowest BCUT2D eigenvalue weighted by molar-refractivity contribution is -0.127. The molecule has 1 atom stereocenters. The van der Waals surface area contributed by atoms with Crippen molar-refractivity contribution < 1.29 is 9.53 Å². The van der Waals surface area contributed by atoms with E-state index in [0.717, 1.165) is 64.9 Å². The number of carbonyl (C=O) groups is 1. The van der Waals surface area contributed by atoms with Crippen molar-refractivity contribution in [1.82, 2.24) is 20.0 Å². The number of carbonyl (C=O) groups excluding carboxylic acids is 1. The Morgan fingerprint density at radius 2 is 2.07 bits per heavy atom. The molecule has 0 spiro atoms. The first-order valence-corrected chi connectivity index (χ1v) is 10.9. The number of amides is 1. The van der Waals surface area contributed by atoms with E-state index in [2.05, 4.69) is 21.8 Å². The molecule has 150 valence electrons. The molecule has 2 aliphatic heterocycles. The number of aryl methyl sites for hydroxylation is 1. The number of fused-ring (bicyclic) bond motifs is 1. The van der Waals surface area contributed by atoms with Gasteiger partial charge in [-0.3, -0.25) is 14.4 Å². The topological polar surface area (TPSA) is 59.4 Å². The molecular formula is C21H34N4O2. The van der Waals surface area contributed by atoms with Gasteiger partial charge in [-0.05, 0) is 39.2 Å². The standard InChI is InChI=1S/C21H34N4O2/c1-2-25-20-10-12-27-15-18(20)19(23-25)14-24-11-6-9-17(13-24)22-21(26)16-7-4-3-5-8-16/h16-17H,2-15H2,1H3,(H,22,26). The summed E-state index contributed by atoms with van der Waals surface area (Å²) < 4.78 is 7.85. The van der Waals surface area contributed by atoms with E-state index in [1.54, 1.807) is 0 Å². The highest BCUT2D eigenvalue weighted by atomic mass is 16.5. The van der Waals surface area contributed by atoms with Crippen LogP contribution < -0.4 is 5.32 Å². The van der Waals surface area contributed by atoms with Crippen molar-refractivity contribution in [2.75, 3.05) is 19.7 Å². The predicted molar refractivity (Wildman–Crippen MR) is 104 cm³/mol. The van der Waals surface area contributed by atoms with Crippen LogP contribution in [0.15, 0.2) is 0 Å². The van der Waals surface area contributed by atoms with Crippen LogP contribution in [0.5, 0.6) is 0 Å². The lowest BCUT2D eigenvalue weighted by atomic mass is 9.88. The van der Waals surface area contributed by atoms with Gasteiger partial charge in [0.1, 0.15) is 0 Å². The Morgan fingerprint density at radius 1 is 1.22 bits per heavy atom. The van der Waals surface area contributed by atoms with Gasteiger partial charge in [0.05, 0.1) is 18.9 Å². The fraction of sp³-hybridized carbons (Fsp3) is 0.810. The first-order chi connectivity index (χ1) is 13.2. The molecule has 1 saturated carbocycles. The number of hydrogen-bond donors (Lipinski definition) is 1. The minimum absolute atomic E-state index is 0.249. The van der Waals surface area contributed by atoms with Crippen LogP contribution in [0, 0.1) is 5.92 Å². The Labute approximate surface area is 162 Å². The highest BCUT2D eigenvalue weighted by Crippen LogP contribution is 2.25. The molecule has 1 aromatic rings. The molecule has 4 rings (SSSR count). The Bertz CT molecular complexity index is 651. The molecule has 0 bridgehead atoms. The van der Waals surface area contributed by atoms with Gasteiger partial charge >= 0.3 is 0 Å². The zero-order chi connectivity index (χ0) is 18.6. The van der Waals surface area contributed by atoms with Gasteiger partial charge in [0.15, 0.2) is 0 Å². The highest BCUT2D eigenvalue weighted by molar-refractivity contribution is 5.79. The average Bonchev–Trinajstić information content (AvgIpc) is 3.07. The maximum Gasteiger partial charge on any atom is 0.223 e. The summed E-state index contributed by atoms with van der Waals surface area (Å²) in [7, 11) is 0. The Hall–Kier alpha value is -1.40. The Kier molecular flexibility index (Phi) is 6.13. The molecule has 1 aromatic heterocycles. The number of piperidine rings is 1. The van der Waals surface area contributed by atoms with E-state index in [1.165, 1.54) is 36.2 Å². The van der Waals surface area contributed by atoms with Crippen molar-refractivity contribution in [3.8, 4) is 0 Å². The summed E-state index contributed by atoms with van der Waals surface area (Å²) in [5, 5.41) is 8.22. The van der Waals surface area contributed by atoms with Crippen LogP contribution in [0.2, 0.25) is 0 Å². The normalized spacial score (nSPS) is 24.6. The molecule has 3 aliphatic rings. The van der Waals surface area contributed by atoms with Crippen LogP contribution >= 0.6 is 0 Å². The second-order valence-electron chi connectivity index (χ2n) is 8.41. The molecule has 0 aromatic carbocycles. The fourth-order valence-electron chi connectivity index (χ4n) is 4.98. The summed E-state index contributed by atoms with van der Waals surface area (Å²) in [5.74, 6) is 0.543. The zero-order valence-electron chi connectivity index (χ0n) is 16.7. The smallest absolute Gasteiger partial charge is 0.223 e. The quantitative estimate of drug-likeness (QED) is 0.861. The molecule has 1 aliphatic carbocycles. The van der Waals surface area contributed by atoms with E-state index in [-0.39, 0.29) is 12.0 Å². The number of aromatic nitrogens is 2. The number of hydrogen-bond acceptors (Lipinski definition) is 4. The molecule has 1 amide bonds. The van der Waals surface area contributed by atoms with Gasteiger partial charge < -0.3 is 10.1 Å². The van der Waals surface area contributed by atoms with Crippen LogP contribution in [-0.2, 0) is 35.6 Å².